The molecule has 3 heterocycles. The number of nitriles is 1. The third-order valence-electron chi connectivity index (χ3n) is 9.42. The van der Waals surface area contributed by atoms with Crippen LogP contribution in [0.3, 0.4) is 0 Å². The second-order valence-electron chi connectivity index (χ2n) is 16.3. The van der Waals surface area contributed by atoms with Crippen molar-refractivity contribution in [1.29, 1.82) is 5.26 Å². The number of nitrogens with one attached hydrogen (secondary N) is 1. The molecule has 1 aliphatic carbocycles. The van der Waals surface area contributed by atoms with Crippen molar-refractivity contribution >= 4 is 23.4 Å². The van der Waals surface area contributed by atoms with Crippen LogP contribution in [0, 0.1) is 46.8 Å². The van der Waals surface area contributed by atoms with Crippen LogP contribution in [0.15, 0.2) is 49.8 Å². The summed E-state index contributed by atoms with van der Waals surface area (Å²) in [6.45, 7) is 23.7. The van der Waals surface area contributed by atoms with Crippen molar-refractivity contribution in [2.24, 2.45) is 28.6 Å². The predicted octanol–water partition coefficient (Wildman–Crippen LogP) is 8.59. The lowest BCUT2D eigenvalue weighted by atomic mass is 9.59. The van der Waals surface area contributed by atoms with Gasteiger partial charge in [0, 0.05) is 29.2 Å². The van der Waals surface area contributed by atoms with Crippen LogP contribution in [0.1, 0.15) is 109 Å². The van der Waals surface area contributed by atoms with Crippen molar-refractivity contribution in [2.75, 3.05) is 0 Å². The maximum Gasteiger partial charge on any atom is 0.343 e. The number of hydrogen-bond acceptors (Lipinski definition) is 8. The predicted molar refractivity (Wildman–Crippen MR) is 184 cm³/mol. The number of aromatic amines is 1. The largest absolute Gasteiger partial charge is 0.458 e. The second kappa shape index (κ2) is 12.3. The zero-order valence-electron chi connectivity index (χ0n) is 29.4. The van der Waals surface area contributed by atoms with Gasteiger partial charge in [-0.2, -0.15) is 5.26 Å². The fourth-order valence-corrected chi connectivity index (χ4v) is 7.75. The maximum atomic E-state index is 14.5. The number of hydrogen-bond donors (Lipinski definition) is 1. The number of nitrogens with zero attached hydrogens (tertiary/aromatic N) is 4. The molecule has 0 spiro atoms. The van der Waals surface area contributed by atoms with E-state index in [0.29, 0.717) is 22.5 Å². The molecule has 0 bridgehead atoms. The highest BCUT2D eigenvalue weighted by Crippen LogP contribution is 2.50. The lowest BCUT2D eigenvalue weighted by Gasteiger charge is -2.50. The van der Waals surface area contributed by atoms with Crippen molar-refractivity contribution in [1.82, 2.24) is 19.6 Å². The average Bonchev–Trinajstić information content (AvgIpc) is 3.49. The number of rotatable bonds is 5. The third kappa shape index (κ3) is 7.06. The minimum Gasteiger partial charge on any atom is -0.458 e. The Labute approximate surface area is 281 Å². The summed E-state index contributed by atoms with van der Waals surface area (Å²) in [5.41, 5.74) is 2.12. The summed E-state index contributed by atoms with van der Waals surface area (Å²) < 4.78 is 13.5. The Morgan fingerprint density at radius 1 is 1.02 bits per heavy atom. The molecule has 4 aromatic rings. The molecule has 0 aliphatic heterocycles. The van der Waals surface area contributed by atoms with E-state index in [9.17, 15) is 14.9 Å². The summed E-state index contributed by atoms with van der Waals surface area (Å²) in [6.07, 6.45) is 1.54. The summed E-state index contributed by atoms with van der Waals surface area (Å²) in [6, 6.07) is 11.6. The van der Waals surface area contributed by atoms with E-state index in [1.54, 1.807) is 11.4 Å². The molecule has 9 nitrogen and oxygen atoms in total. The first kappa shape index (κ1) is 34.5. The molecule has 47 heavy (non-hydrogen) atoms. The van der Waals surface area contributed by atoms with Gasteiger partial charge in [0.2, 0.25) is 0 Å². The molecule has 0 saturated heterocycles. The molecule has 3 aromatic heterocycles. The van der Waals surface area contributed by atoms with Crippen LogP contribution < -0.4 is 5.63 Å². The van der Waals surface area contributed by atoms with E-state index in [4.69, 9.17) is 14.1 Å². The first-order valence-electron chi connectivity index (χ1n) is 16.3. The van der Waals surface area contributed by atoms with E-state index in [0.717, 1.165) is 30.2 Å². The van der Waals surface area contributed by atoms with Gasteiger partial charge in [0.05, 0.1) is 0 Å². The minimum atomic E-state index is -0.589. The fraction of sp³-hybridized carbons (Fsp3) is 0.541. The molecule has 1 aromatic carbocycles. The molecule has 1 fully saturated rings. The van der Waals surface area contributed by atoms with Crippen LogP contribution >= 0.6 is 11.8 Å². The van der Waals surface area contributed by atoms with Gasteiger partial charge in [0.1, 0.15) is 28.3 Å². The maximum absolute atomic E-state index is 14.5. The van der Waals surface area contributed by atoms with Crippen molar-refractivity contribution in [2.45, 2.75) is 111 Å². The molecule has 1 N–H and O–H groups in total. The van der Waals surface area contributed by atoms with Crippen molar-refractivity contribution in [3.8, 4) is 17.5 Å². The molecule has 2 unspecified atom stereocenters. The summed E-state index contributed by atoms with van der Waals surface area (Å²) in [5.74, 6) is 0.671. The van der Waals surface area contributed by atoms with Gasteiger partial charge in [0.25, 0.3) is 5.22 Å². The van der Waals surface area contributed by atoms with Crippen LogP contribution in [0.25, 0.3) is 17.0 Å². The van der Waals surface area contributed by atoms with Crippen LogP contribution in [-0.4, -0.2) is 31.7 Å². The fourth-order valence-electron chi connectivity index (χ4n) is 6.80. The van der Waals surface area contributed by atoms with Gasteiger partial charge < -0.3 is 9.15 Å². The Kier molecular flexibility index (Phi) is 9.04. The van der Waals surface area contributed by atoms with Crippen LogP contribution in [0.4, 0.5) is 0 Å². The van der Waals surface area contributed by atoms with Crippen molar-refractivity contribution < 1.29 is 13.9 Å². The summed E-state index contributed by atoms with van der Waals surface area (Å²) in [7, 11) is 0. The zero-order chi connectivity index (χ0) is 34.6. The number of carbonyl (C=O) groups is 1. The first-order chi connectivity index (χ1) is 21.8. The lowest BCUT2D eigenvalue weighted by molar-refractivity contribution is -0.0922. The van der Waals surface area contributed by atoms with Gasteiger partial charge in [-0.25, -0.2) is 24.1 Å². The van der Waals surface area contributed by atoms with E-state index in [2.05, 4.69) is 97.5 Å². The number of H-pyrrole nitrogens is 1. The van der Waals surface area contributed by atoms with Gasteiger partial charge in [-0.1, -0.05) is 93.5 Å². The van der Waals surface area contributed by atoms with Gasteiger partial charge in [-0.15, -0.1) is 0 Å². The Morgan fingerprint density at radius 2 is 1.62 bits per heavy atom. The molecule has 10 heteroatoms. The zero-order valence-corrected chi connectivity index (χ0v) is 30.3. The number of aromatic nitrogens is 4. The normalized spacial score (nSPS) is 20.7. The highest BCUT2D eigenvalue weighted by Gasteiger charge is 2.48. The topological polar surface area (TPSA) is 126 Å². The standard InChI is InChI=1S/C37H47N5O4S/c1-20-16-25(36(6,7)8)29(26(17-20)37(9,10)11)46-33(44)28-24(19-38)32(47-34-39-21(2)18-27(43)45-34)42-31(28)40-30(41-42)22-12-14-23(15-13-22)35(3,4)5/h12-15,18,20,25-26,29H,16-17H2,1-11H3,(H,40,41). The van der Waals surface area contributed by atoms with Crippen molar-refractivity contribution in [3.05, 3.63) is 63.1 Å². The monoisotopic (exact) mass is 657 g/mol. The van der Waals surface area contributed by atoms with E-state index >= 15 is 0 Å². The molecule has 1 saturated carbocycles. The molecule has 5 rings (SSSR count). The summed E-state index contributed by atoms with van der Waals surface area (Å²) >= 11 is 0.989. The molecular formula is C37H47N5O4S. The van der Waals surface area contributed by atoms with Crippen LogP contribution in [-0.2, 0) is 10.2 Å². The Bertz CT molecular complexity index is 1870. The van der Waals surface area contributed by atoms with Crippen LogP contribution in [0.5, 0.6) is 0 Å². The van der Waals surface area contributed by atoms with E-state index in [-0.39, 0.29) is 56.2 Å². The van der Waals surface area contributed by atoms with Crippen molar-refractivity contribution in [3.63, 3.8) is 0 Å². The average molecular weight is 658 g/mol. The van der Waals surface area contributed by atoms with E-state index in [1.807, 2.05) is 12.1 Å². The SMILES string of the molecule is Cc1cc(=O)oc(Sc2c(C#N)c(C(=O)OC3C(C(C)(C)C)CC(C)CC3C(C)(C)C)c3nc(-c4ccc(C(C)(C)C)cc4)[nH]n23)n1. The first-order valence-corrected chi connectivity index (χ1v) is 17.1. The minimum absolute atomic E-state index is 0.0192. The molecule has 0 radical (unpaired) electrons. The number of ether oxygens (including phenoxy) is 1. The second-order valence-corrected chi connectivity index (χ2v) is 17.2. The van der Waals surface area contributed by atoms with Gasteiger partial charge in [-0.05, 0) is 59.3 Å². The smallest absolute Gasteiger partial charge is 0.343 e. The number of aryl methyl sites for hydroxylation is 1. The Morgan fingerprint density at radius 3 is 2.13 bits per heavy atom. The highest BCUT2D eigenvalue weighted by molar-refractivity contribution is 7.99. The summed E-state index contributed by atoms with van der Waals surface area (Å²) in [5, 5.41) is 14.2. The van der Waals surface area contributed by atoms with E-state index in [1.165, 1.54) is 11.6 Å². The van der Waals surface area contributed by atoms with Crippen LogP contribution in [0.2, 0.25) is 0 Å². The van der Waals surface area contributed by atoms with Gasteiger partial charge in [-0.3, -0.25) is 5.10 Å². The quantitative estimate of drug-likeness (QED) is 0.212. The molecule has 250 valence electrons. The number of fused-ring (bicyclic) bond motifs is 1. The Hall–Kier alpha value is -3.84. The number of benzene rings is 1. The van der Waals surface area contributed by atoms with E-state index < -0.39 is 11.6 Å². The van der Waals surface area contributed by atoms with Gasteiger partial charge in [0.15, 0.2) is 11.5 Å². The Balaban J connectivity index is 1.66. The highest BCUT2D eigenvalue weighted by atomic mass is 32.2. The molecular weight excluding hydrogens is 611 g/mol. The lowest BCUT2D eigenvalue weighted by Crippen LogP contribution is -2.49. The molecule has 2 atom stereocenters. The molecule has 0 amide bonds. The molecule has 1 aliphatic rings. The number of esters is 1. The third-order valence-corrected chi connectivity index (χ3v) is 10.3. The number of carbonyl (C=O) groups excluding carboxylic acids is 1. The summed E-state index contributed by atoms with van der Waals surface area (Å²) in [4.78, 5) is 35.9. The van der Waals surface area contributed by atoms with Gasteiger partial charge >= 0.3 is 11.6 Å².